The SMILES string of the molecule is C[C@H](N)c1n[nH]c(CC(=O)O)n1. The Balaban J connectivity index is 2.70. The molecule has 0 spiro atoms. The Morgan fingerprint density at radius 2 is 2.50 bits per heavy atom. The highest BCUT2D eigenvalue weighted by molar-refractivity contribution is 5.68. The van der Waals surface area contributed by atoms with Gasteiger partial charge in [-0.3, -0.25) is 9.89 Å². The molecule has 6 heteroatoms. The summed E-state index contributed by atoms with van der Waals surface area (Å²) >= 11 is 0. The lowest BCUT2D eigenvalue weighted by atomic mass is 10.3. The van der Waals surface area contributed by atoms with Crippen LogP contribution in [-0.4, -0.2) is 26.3 Å². The van der Waals surface area contributed by atoms with E-state index in [-0.39, 0.29) is 12.5 Å². The van der Waals surface area contributed by atoms with Crippen molar-refractivity contribution in [1.29, 1.82) is 0 Å². The van der Waals surface area contributed by atoms with Gasteiger partial charge in [0, 0.05) is 0 Å². The molecule has 0 amide bonds. The molecule has 4 N–H and O–H groups in total. The number of hydrogen-bond donors (Lipinski definition) is 3. The minimum Gasteiger partial charge on any atom is -0.481 e. The second-order valence-electron chi connectivity index (χ2n) is 2.50. The molecule has 1 aromatic heterocycles. The Morgan fingerprint density at radius 3 is 2.92 bits per heavy atom. The van der Waals surface area contributed by atoms with E-state index < -0.39 is 5.97 Å². The standard InChI is InChI=1S/C6H10N4O2/c1-3(7)6-8-4(9-10-6)2-5(11)12/h3H,2,7H2,1H3,(H,11,12)(H,8,9,10)/t3-/m0/s1. The molecule has 1 atom stereocenters. The summed E-state index contributed by atoms with van der Waals surface area (Å²) in [7, 11) is 0. The van der Waals surface area contributed by atoms with Crippen molar-refractivity contribution in [2.24, 2.45) is 5.73 Å². The van der Waals surface area contributed by atoms with Crippen molar-refractivity contribution in [2.75, 3.05) is 0 Å². The summed E-state index contributed by atoms with van der Waals surface area (Å²) in [5, 5.41) is 14.6. The summed E-state index contributed by atoms with van der Waals surface area (Å²) < 4.78 is 0. The van der Waals surface area contributed by atoms with Crippen LogP contribution >= 0.6 is 0 Å². The van der Waals surface area contributed by atoms with Crippen molar-refractivity contribution in [2.45, 2.75) is 19.4 Å². The molecule has 0 unspecified atom stereocenters. The normalized spacial score (nSPS) is 12.8. The number of nitrogens with two attached hydrogens (primary N) is 1. The zero-order valence-corrected chi connectivity index (χ0v) is 6.61. The Morgan fingerprint density at radius 1 is 1.83 bits per heavy atom. The first-order chi connectivity index (χ1) is 5.59. The van der Waals surface area contributed by atoms with Gasteiger partial charge in [-0.2, -0.15) is 5.10 Å². The molecule has 1 aromatic rings. The minimum absolute atomic E-state index is 0.153. The molecule has 6 nitrogen and oxygen atoms in total. The first-order valence-corrected chi connectivity index (χ1v) is 3.48. The van der Waals surface area contributed by atoms with Gasteiger partial charge in [0.25, 0.3) is 0 Å². The molecule has 0 radical (unpaired) electrons. The van der Waals surface area contributed by atoms with Gasteiger partial charge >= 0.3 is 5.97 Å². The predicted molar refractivity (Wildman–Crippen MR) is 40.3 cm³/mol. The quantitative estimate of drug-likeness (QED) is 0.564. The number of aliphatic carboxylic acids is 1. The third kappa shape index (κ3) is 2.03. The molecule has 1 rings (SSSR count). The predicted octanol–water partition coefficient (Wildman–Crippen LogP) is -0.548. The van der Waals surface area contributed by atoms with Crippen molar-refractivity contribution in [3.05, 3.63) is 11.6 Å². The summed E-state index contributed by atoms with van der Waals surface area (Å²) in [6.07, 6.45) is -0.153. The fourth-order valence-electron chi connectivity index (χ4n) is 0.736. The fraction of sp³-hybridized carbons (Fsp3) is 0.500. The lowest BCUT2D eigenvalue weighted by Gasteiger charge is -1.94. The molecule has 0 bridgehead atoms. The van der Waals surface area contributed by atoms with Crippen LogP contribution in [0, 0.1) is 0 Å². The number of carbonyl (C=O) groups is 1. The van der Waals surface area contributed by atoms with Crippen molar-refractivity contribution < 1.29 is 9.90 Å². The van der Waals surface area contributed by atoms with Crippen LogP contribution in [-0.2, 0) is 11.2 Å². The van der Waals surface area contributed by atoms with E-state index in [4.69, 9.17) is 10.8 Å². The lowest BCUT2D eigenvalue weighted by Crippen LogP contribution is -2.07. The van der Waals surface area contributed by atoms with E-state index in [0.717, 1.165) is 0 Å². The average molecular weight is 170 g/mol. The Bertz CT molecular complexity index is 281. The zero-order valence-electron chi connectivity index (χ0n) is 6.61. The minimum atomic E-state index is -0.942. The molecule has 0 aliphatic heterocycles. The van der Waals surface area contributed by atoms with Crippen molar-refractivity contribution in [3.8, 4) is 0 Å². The molecule has 0 saturated carbocycles. The van der Waals surface area contributed by atoms with E-state index in [1.165, 1.54) is 0 Å². The largest absolute Gasteiger partial charge is 0.481 e. The number of nitrogens with zero attached hydrogens (tertiary/aromatic N) is 2. The molecule has 1 heterocycles. The fourth-order valence-corrected chi connectivity index (χ4v) is 0.736. The van der Waals surface area contributed by atoms with E-state index in [9.17, 15) is 4.79 Å². The maximum atomic E-state index is 10.2. The van der Waals surface area contributed by atoms with E-state index in [0.29, 0.717) is 11.6 Å². The number of rotatable bonds is 3. The third-order valence-electron chi connectivity index (χ3n) is 1.27. The molecular formula is C6H10N4O2. The second-order valence-corrected chi connectivity index (χ2v) is 2.50. The highest BCUT2D eigenvalue weighted by Crippen LogP contribution is 2.01. The summed E-state index contributed by atoms with van der Waals surface area (Å²) in [5.41, 5.74) is 5.47. The van der Waals surface area contributed by atoms with E-state index in [1.54, 1.807) is 6.92 Å². The summed E-state index contributed by atoms with van der Waals surface area (Å²) in [6.45, 7) is 1.73. The van der Waals surface area contributed by atoms with Gasteiger partial charge in [-0.1, -0.05) is 0 Å². The zero-order chi connectivity index (χ0) is 9.14. The first-order valence-electron chi connectivity index (χ1n) is 3.48. The van der Waals surface area contributed by atoms with Gasteiger partial charge in [0.2, 0.25) is 0 Å². The third-order valence-corrected chi connectivity index (χ3v) is 1.27. The molecule has 0 fully saturated rings. The van der Waals surface area contributed by atoms with Crippen molar-refractivity contribution in [1.82, 2.24) is 15.2 Å². The number of carboxylic acid groups (broad SMARTS) is 1. The average Bonchev–Trinajstić information content (AvgIpc) is 2.34. The molecule has 12 heavy (non-hydrogen) atoms. The maximum Gasteiger partial charge on any atom is 0.311 e. The van der Waals surface area contributed by atoms with Gasteiger partial charge < -0.3 is 10.8 Å². The Hall–Kier alpha value is -1.43. The van der Waals surface area contributed by atoms with E-state index in [2.05, 4.69) is 15.2 Å². The molecular weight excluding hydrogens is 160 g/mol. The van der Waals surface area contributed by atoms with Crippen LogP contribution in [0.4, 0.5) is 0 Å². The summed E-state index contributed by atoms with van der Waals surface area (Å²) in [5.74, 6) is -0.177. The van der Waals surface area contributed by atoms with Gasteiger partial charge in [-0.05, 0) is 6.92 Å². The summed E-state index contributed by atoms with van der Waals surface area (Å²) in [6, 6.07) is -0.274. The van der Waals surface area contributed by atoms with Crippen LogP contribution in [0.3, 0.4) is 0 Å². The van der Waals surface area contributed by atoms with Crippen LogP contribution in [0.15, 0.2) is 0 Å². The molecule has 0 saturated heterocycles. The Labute approximate surface area is 68.8 Å². The number of hydrogen-bond acceptors (Lipinski definition) is 4. The highest BCUT2D eigenvalue weighted by Gasteiger charge is 2.09. The van der Waals surface area contributed by atoms with Crippen LogP contribution < -0.4 is 5.73 Å². The highest BCUT2D eigenvalue weighted by atomic mass is 16.4. The van der Waals surface area contributed by atoms with Crippen LogP contribution in [0.5, 0.6) is 0 Å². The van der Waals surface area contributed by atoms with Crippen molar-refractivity contribution >= 4 is 5.97 Å². The van der Waals surface area contributed by atoms with E-state index in [1.807, 2.05) is 0 Å². The number of H-pyrrole nitrogens is 1. The van der Waals surface area contributed by atoms with Crippen molar-refractivity contribution in [3.63, 3.8) is 0 Å². The molecule has 0 aliphatic carbocycles. The molecule has 66 valence electrons. The topological polar surface area (TPSA) is 105 Å². The monoisotopic (exact) mass is 170 g/mol. The van der Waals surface area contributed by atoms with Crippen LogP contribution in [0.2, 0.25) is 0 Å². The number of aromatic nitrogens is 3. The first kappa shape index (κ1) is 8.66. The van der Waals surface area contributed by atoms with Gasteiger partial charge in [-0.15, -0.1) is 0 Å². The Kier molecular flexibility index (Phi) is 2.39. The lowest BCUT2D eigenvalue weighted by molar-refractivity contribution is -0.136. The summed E-state index contributed by atoms with van der Waals surface area (Å²) in [4.78, 5) is 14.1. The van der Waals surface area contributed by atoms with Crippen LogP contribution in [0.1, 0.15) is 24.6 Å². The number of nitrogens with one attached hydrogen (secondary N) is 1. The van der Waals surface area contributed by atoms with Gasteiger partial charge in [-0.25, -0.2) is 4.98 Å². The van der Waals surface area contributed by atoms with Gasteiger partial charge in [0.1, 0.15) is 12.2 Å². The van der Waals surface area contributed by atoms with Gasteiger partial charge in [0.15, 0.2) is 5.82 Å². The van der Waals surface area contributed by atoms with E-state index >= 15 is 0 Å². The molecule has 0 aromatic carbocycles. The number of aromatic amines is 1. The molecule has 0 aliphatic rings. The second kappa shape index (κ2) is 3.31. The van der Waals surface area contributed by atoms with Crippen LogP contribution in [0.25, 0.3) is 0 Å². The smallest absolute Gasteiger partial charge is 0.311 e. The number of carboxylic acids is 1. The van der Waals surface area contributed by atoms with Gasteiger partial charge in [0.05, 0.1) is 6.04 Å². The maximum absolute atomic E-state index is 10.2.